The van der Waals surface area contributed by atoms with Crippen LogP contribution in [0.15, 0.2) is 12.4 Å². The van der Waals surface area contributed by atoms with Crippen LogP contribution in [-0.2, 0) is 21.3 Å². The Hall–Kier alpha value is -0.920. The van der Waals surface area contributed by atoms with Crippen molar-refractivity contribution in [2.45, 2.75) is 38.8 Å². The molecule has 0 amide bonds. The van der Waals surface area contributed by atoms with Crippen molar-refractivity contribution in [2.75, 3.05) is 25.5 Å². The summed E-state index contributed by atoms with van der Waals surface area (Å²) in [6.07, 6.45) is 6.41. The molecule has 0 N–H and O–H groups in total. The van der Waals surface area contributed by atoms with Crippen molar-refractivity contribution in [1.29, 1.82) is 0 Å². The van der Waals surface area contributed by atoms with Gasteiger partial charge in [0, 0.05) is 38.1 Å². The fourth-order valence-electron chi connectivity index (χ4n) is 3.29. The number of nitrogens with zero attached hydrogens (tertiary/aromatic N) is 3. The molecule has 2 aliphatic heterocycles. The van der Waals surface area contributed by atoms with Gasteiger partial charge >= 0.3 is 0 Å². The van der Waals surface area contributed by atoms with E-state index in [1.54, 1.807) is 10.5 Å². The fraction of sp³-hybridized carbons (Fsp3) is 0.786. The van der Waals surface area contributed by atoms with Gasteiger partial charge in [0.15, 0.2) is 0 Å². The van der Waals surface area contributed by atoms with Crippen molar-refractivity contribution >= 4 is 10.0 Å². The zero-order chi connectivity index (χ0) is 14.9. The normalized spacial score (nSPS) is 27.5. The molecule has 2 saturated heterocycles. The lowest BCUT2D eigenvalue weighted by Crippen LogP contribution is -2.40. The van der Waals surface area contributed by atoms with E-state index < -0.39 is 10.0 Å². The Bertz CT molecular complexity index is 578. The summed E-state index contributed by atoms with van der Waals surface area (Å²) in [7, 11) is -3.19. The third kappa shape index (κ3) is 3.30. The second-order valence-corrected chi connectivity index (χ2v) is 8.01. The maximum absolute atomic E-state index is 12.7. The number of rotatable bonds is 5. The van der Waals surface area contributed by atoms with Crippen molar-refractivity contribution in [3.8, 4) is 0 Å². The van der Waals surface area contributed by atoms with Gasteiger partial charge in [0.2, 0.25) is 10.0 Å². The first-order chi connectivity index (χ1) is 10.1. The van der Waals surface area contributed by atoms with E-state index in [2.05, 4.69) is 4.98 Å². The first-order valence-electron chi connectivity index (χ1n) is 7.61. The topological polar surface area (TPSA) is 64.4 Å². The highest BCUT2D eigenvalue weighted by Crippen LogP contribution is 2.26. The zero-order valence-electron chi connectivity index (χ0n) is 12.4. The SMILES string of the molecule is Cc1nccn1C[C@@H]1CCCN1S(=O)(=O)C[C@@H]1CCOC1. The summed E-state index contributed by atoms with van der Waals surface area (Å²) in [6, 6.07) is 0.0604. The van der Waals surface area contributed by atoms with Gasteiger partial charge in [-0.3, -0.25) is 0 Å². The maximum Gasteiger partial charge on any atom is 0.214 e. The van der Waals surface area contributed by atoms with Crippen LogP contribution in [0.1, 0.15) is 25.1 Å². The van der Waals surface area contributed by atoms with Crippen molar-refractivity contribution < 1.29 is 13.2 Å². The van der Waals surface area contributed by atoms with E-state index in [4.69, 9.17) is 4.74 Å². The van der Waals surface area contributed by atoms with Gasteiger partial charge in [-0.15, -0.1) is 0 Å². The summed E-state index contributed by atoms with van der Waals surface area (Å²) in [4.78, 5) is 4.21. The molecular weight excluding hydrogens is 290 g/mol. The predicted molar refractivity (Wildman–Crippen MR) is 79.4 cm³/mol. The zero-order valence-corrected chi connectivity index (χ0v) is 13.3. The average Bonchev–Trinajstić information content (AvgIpc) is 3.13. The van der Waals surface area contributed by atoms with Crippen LogP contribution in [0.25, 0.3) is 0 Å². The minimum Gasteiger partial charge on any atom is -0.381 e. The average molecular weight is 313 g/mol. The smallest absolute Gasteiger partial charge is 0.214 e. The van der Waals surface area contributed by atoms with Crippen LogP contribution in [0.4, 0.5) is 0 Å². The standard InChI is InChI=1S/C14H23N3O3S/c1-12-15-5-7-16(12)9-14-3-2-6-17(14)21(18,19)11-13-4-8-20-10-13/h5,7,13-14H,2-4,6,8-11H2,1H3/t13-,14+/m1/s1. The lowest BCUT2D eigenvalue weighted by Gasteiger charge is -2.25. The van der Waals surface area contributed by atoms with E-state index in [1.807, 2.05) is 17.7 Å². The number of aryl methyl sites for hydroxylation is 1. The van der Waals surface area contributed by atoms with Crippen LogP contribution in [0, 0.1) is 12.8 Å². The molecule has 0 radical (unpaired) electrons. The van der Waals surface area contributed by atoms with Gasteiger partial charge in [-0.2, -0.15) is 4.31 Å². The molecule has 2 atom stereocenters. The Morgan fingerprint density at radius 2 is 2.29 bits per heavy atom. The number of hydrogen-bond donors (Lipinski definition) is 0. The highest BCUT2D eigenvalue weighted by molar-refractivity contribution is 7.89. The van der Waals surface area contributed by atoms with Gasteiger partial charge < -0.3 is 9.30 Å². The van der Waals surface area contributed by atoms with Crippen LogP contribution in [0.5, 0.6) is 0 Å². The van der Waals surface area contributed by atoms with Crippen LogP contribution >= 0.6 is 0 Å². The molecule has 1 aromatic rings. The van der Waals surface area contributed by atoms with E-state index in [1.165, 1.54) is 0 Å². The molecule has 6 nitrogen and oxygen atoms in total. The van der Waals surface area contributed by atoms with Crippen LogP contribution in [0.3, 0.4) is 0 Å². The molecule has 3 heterocycles. The summed E-state index contributed by atoms with van der Waals surface area (Å²) in [5.74, 6) is 1.32. The van der Waals surface area contributed by atoms with E-state index in [0.717, 1.165) is 25.1 Å². The molecule has 0 spiro atoms. The highest BCUT2D eigenvalue weighted by Gasteiger charge is 2.36. The van der Waals surface area contributed by atoms with Gasteiger partial charge in [-0.25, -0.2) is 13.4 Å². The van der Waals surface area contributed by atoms with Crippen molar-refractivity contribution in [1.82, 2.24) is 13.9 Å². The molecule has 21 heavy (non-hydrogen) atoms. The Kier molecular flexibility index (Phi) is 4.33. The quantitative estimate of drug-likeness (QED) is 0.814. The van der Waals surface area contributed by atoms with E-state index in [-0.39, 0.29) is 17.7 Å². The van der Waals surface area contributed by atoms with Gasteiger partial charge in [-0.1, -0.05) is 0 Å². The molecular formula is C14H23N3O3S. The number of hydrogen-bond acceptors (Lipinski definition) is 4. The Balaban J connectivity index is 1.69. The van der Waals surface area contributed by atoms with E-state index in [0.29, 0.717) is 26.3 Å². The summed E-state index contributed by atoms with van der Waals surface area (Å²) in [5.41, 5.74) is 0. The molecule has 7 heteroatoms. The Morgan fingerprint density at radius 3 is 2.95 bits per heavy atom. The molecule has 3 rings (SSSR count). The summed E-state index contributed by atoms with van der Waals surface area (Å²) >= 11 is 0. The fourth-order valence-corrected chi connectivity index (χ4v) is 5.37. The molecule has 0 aliphatic carbocycles. The number of sulfonamides is 1. The molecule has 0 saturated carbocycles. The van der Waals surface area contributed by atoms with Crippen molar-refractivity contribution in [3.05, 3.63) is 18.2 Å². The maximum atomic E-state index is 12.7. The second kappa shape index (κ2) is 6.06. The number of imidazole rings is 1. The van der Waals surface area contributed by atoms with Crippen LogP contribution in [0.2, 0.25) is 0 Å². The van der Waals surface area contributed by atoms with Crippen molar-refractivity contribution in [2.24, 2.45) is 5.92 Å². The summed E-state index contributed by atoms with van der Waals surface area (Å²) in [5, 5.41) is 0. The predicted octanol–water partition coefficient (Wildman–Crippen LogP) is 1.02. The third-order valence-electron chi connectivity index (χ3n) is 4.48. The lowest BCUT2D eigenvalue weighted by molar-refractivity contribution is 0.188. The first kappa shape index (κ1) is 15.0. The molecule has 0 bridgehead atoms. The largest absolute Gasteiger partial charge is 0.381 e. The minimum absolute atomic E-state index is 0.0604. The molecule has 0 unspecified atom stereocenters. The van der Waals surface area contributed by atoms with E-state index >= 15 is 0 Å². The molecule has 2 aliphatic rings. The van der Waals surface area contributed by atoms with Gasteiger partial charge in [-0.05, 0) is 32.1 Å². The second-order valence-electron chi connectivity index (χ2n) is 6.04. The minimum atomic E-state index is -3.19. The van der Waals surface area contributed by atoms with Gasteiger partial charge in [0.25, 0.3) is 0 Å². The molecule has 118 valence electrons. The lowest BCUT2D eigenvalue weighted by atomic mass is 10.2. The van der Waals surface area contributed by atoms with Crippen molar-refractivity contribution in [3.63, 3.8) is 0 Å². The summed E-state index contributed by atoms with van der Waals surface area (Å²) in [6.45, 7) is 4.57. The van der Waals surface area contributed by atoms with Gasteiger partial charge in [0.1, 0.15) is 5.82 Å². The monoisotopic (exact) mass is 313 g/mol. The number of aromatic nitrogens is 2. The van der Waals surface area contributed by atoms with Crippen LogP contribution < -0.4 is 0 Å². The molecule has 1 aromatic heterocycles. The highest BCUT2D eigenvalue weighted by atomic mass is 32.2. The summed E-state index contributed by atoms with van der Waals surface area (Å²) < 4.78 is 34.4. The molecule has 0 aromatic carbocycles. The Labute approximate surface area is 126 Å². The first-order valence-corrected chi connectivity index (χ1v) is 9.22. The van der Waals surface area contributed by atoms with Crippen LogP contribution in [-0.4, -0.2) is 53.8 Å². The third-order valence-corrected chi connectivity index (χ3v) is 6.57. The van der Waals surface area contributed by atoms with E-state index in [9.17, 15) is 8.42 Å². The number of ether oxygens (including phenoxy) is 1. The molecule has 2 fully saturated rings. The Morgan fingerprint density at radius 1 is 1.43 bits per heavy atom. The van der Waals surface area contributed by atoms with Gasteiger partial charge in [0.05, 0.1) is 12.4 Å².